The maximum atomic E-state index is 11.8. The van der Waals surface area contributed by atoms with E-state index < -0.39 is 0 Å². The Hall–Kier alpha value is -1.87. The number of hydrogen-bond donors (Lipinski definition) is 1. The standard InChI is InChI=1S/C20H26N2O/c1-16(14-17-6-3-2-4-7-17)18-9-12-22(13-10-18)15-19-8-5-11-21-20(19)23/h2-8,11,16,18H,9-10,12-15H2,1H3,(H,21,23). The molecule has 1 saturated heterocycles. The first-order valence-electron chi connectivity index (χ1n) is 8.65. The molecule has 3 heteroatoms. The molecule has 0 aliphatic carbocycles. The third-order valence-corrected chi connectivity index (χ3v) is 5.13. The molecule has 1 aromatic carbocycles. The molecule has 1 aliphatic rings. The van der Waals surface area contributed by atoms with E-state index in [1.807, 2.05) is 12.1 Å². The third-order valence-electron chi connectivity index (χ3n) is 5.13. The molecule has 1 unspecified atom stereocenters. The van der Waals surface area contributed by atoms with Crippen molar-refractivity contribution in [1.29, 1.82) is 0 Å². The summed E-state index contributed by atoms with van der Waals surface area (Å²) >= 11 is 0. The molecule has 0 amide bonds. The molecule has 122 valence electrons. The molecule has 1 aromatic heterocycles. The fourth-order valence-corrected chi connectivity index (χ4v) is 3.65. The van der Waals surface area contributed by atoms with E-state index in [-0.39, 0.29) is 5.56 Å². The van der Waals surface area contributed by atoms with Crippen molar-refractivity contribution in [2.24, 2.45) is 11.8 Å². The molecular formula is C20H26N2O. The first-order chi connectivity index (χ1) is 11.2. The fourth-order valence-electron chi connectivity index (χ4n) is 3.65. The van der Waals surface area contributed by atoms with Crippen LogP contribution in [0.25, 0.3) is 0 Å². The van der Waals surface area contributed by atoms with Crippen molar-refractivity contribution in [1.82, 2.24) is 9.88 Å². The minimum absolute atomic E-state index is 0.0482. The zero-order valence-corrected chi connectivity index (χ0v) is 13.9. The van der Waals surface area contributed by atoms with E-state index in [2.05, 4.69) is 47.1 Å². The van der Waals surface area contributed by atoms with Crippen molar-refractivity contribution < 1.29 is 0 Å². The van der Waals surface area contributed by atoms with Crippen LogP contribution in [0.2, 0.25) is 0 Å². The number of piperidine rings is 1. The molecule has 23 heavy (non-hydrogen) atoms. The smallest absolute Gasteiger partial charge is 0.252 e. The Kier molecular flexibility index (Phi) is 5.29. The van der Waals surface area contributed by atoms with Crippen LogP contribution in [-0.4, -0.2) is 23.0 Å². The van der Waals surface area contributed by atoms with Gasteiger partial charge >= 0.3 is 0 Å². The molecule has 2 aromatic rings. The summed E-state index contributed by atoms with van der Waals surface area (Å²) in [5.74, 6) is 1.51. The number of pyridine rings is 1. The summed E-state index contributed by atoms with van der Waals surface area (Å²) in [6.07, 6.45) is 5.34. The molecule has 3 nitrogen and oxygen atoms in total. The number of nitrogens with one attached hydrogen (secondary N) is 1. The molecule has 1 aliphatic heterocycles. The lowest BCUT2D eigenvalue weighted by Gasteiger charge is -2.34. The van der Waals surface area contributed by atoms with E-state index in [0.29, 0.717) is 0 Å². The zero-order valence-electron chi connectivity index (χ0n) is 13.9. The van der Waals surface area contributed by atoms with E-state index in [1.54, 1.807) is 6.20 Å². The monoisotopic (exact) mass is 310 g/mol. The number of benzene rings is 1. The first-order valence-corrected chi connectivity index (χ1v) is 8.65. The molecule has 0 bridgehead atoms. The molecular weight excluding hydrogens is 284 g/mol. The van der Waals surface area contributed by atoms with Crippen LogP contribution in [0.3, 0.4) is 0 Å². The first kappa shape index (κ1) is 16.0. The molecule has 3 rings (SSSR count). The third kappa shape index (κ3) is 4.32. The lowest BCUT2D eigenvalue weighted by molar-refractivity contribution is 0.146. The number of likely N-dealkylation sites (tertiary alicyclic amines) is 1. The van der Waals surface area contributed by atoms with Crippen LogP contribution < -0.4 is 5.56 Å². The van der Waals surface area contributed by atoms with Gasteiger partial charge in [0.1, 0.15) is 0 Å². The number of aromatic nitrogens is 1. The maximum Gasteiger partial charge on any atom is 0.252 e. The average Bonchev–Trinajstić information content (AvgIpc) is 2.58. The largest absolute Gasteiger partial charge is 0.329 e. The van der Waals surface area contributed by atoms with E-state index in [9.17, 15) is 4.79 Å². The Bertz CT molecular complexity index is 657. The van der Waals surface area contributed by atoms with E-state index in [0.717, 1.165) is 37.0 Å². The number of rotatable bonds is 5. The minimum atomic E-state index is 0.0482. The van der Waals surface area contributed by atoms with Gasteiger partial charge in [-0.25, -0.2) is 0 Å². The van der Waals surface area contributed by atoms with Gasteiger partial charge in [0, 0.05) is 18.3 Å². The van der Waals surface area contributed by atoms with Crippen molar-refractivity contribution in [3.8, 4) is 0 Å². The van der Waals surface area contributed by atoms with Gasteiger partial charge in [-0.15, -0.1) is 0 Å². The lowest BCUT2D eigenvalue weighted by Crippen LogP contribution is -2.36. The van der Waals surface area contributed by atoms with Crippen LogP contribution in [-0.2, 0) is 13.0 Å². The number of aromatic amines is 1. The number of H-pyrrole nitrogens is 1. The highest BCUT2D eigenvalue weighted by Gasteiger charge is 2.24. The average molecular weight is 310 g/mol. The SMILES string of the molecule is CC(Cc1ccccc1)C1CCN(Cc2ccc[nH]c2=O)CC1. The normalized spacial score (nSPS) is 18.0. The Labute approximate surface area is 138 Å². The second-order valence-corrected chi connectivity index (χ2v) is 6.81. The Morgan fingerprint density at radius 1 is 1.13 bits per heavy atom. The fraction of sp³-hybridized carbons (Fsp3) is 0.450. The zero-order chi connectivity index (χ0) is 16.1. The topological polar surface area (TPSA) is 36.1 Å². The van der Waals surface area contributed by atoms with E-state index in [4.69, 9.17) is 0 Å². The van der Waals surface area contributed by atoms with Crippen LogP contribution in [0.1, 0.15) is 30.9 Å². The summed E-state index contributed by atoms with van der Waals surface area (Å²) in [6.45, 7) is 5.35. The summed E-state index contributed by atoms with van der Waals surface area (Å²) in [5.41, 5.74) is 2.37. The Morgan fingerprint density at radius 2 is 1.87 bits per heavy atom. The summed E-state index contributed by atoms with van der Waals surface area (Å²) < 4.78 is 0. The van der Waals surface area contributed by atoms with Crippen molar-refractivity contribution in [3.63, 3.8) is 0 Å². The van der Waals surface area contributed by atoms with Gasteiger partial charge in [0.15, 0.2) is 0 Å². The molecule has 0 spiro atoms. The second kappa shape index (κ2) is 7.60. The van der Waals surface area contributed by atoms with Crippen molar-refractivity contribution in [2.75, 3.05) is 13.1 Å². The van der Waals surface area contributed by atoms with Crippen LogP contribution in [0.5, 0.6) is 0 Å². The summed E-state index contributed by atoms with van der Waals surface area (Å²) in [4.78, 5) is 17.0. The van der Waals surface area contributed by atoms with Crippen LogP contribution in [0.4, 0.5) is 0 Å². The lowest BCUT2D eigenvalue weighted by atomic mass is 9.82. The Balaban J connectivity index is 1.50. The molecule has 0 saturated carbocycles. The van der Waals surface area contributed by atoms with Gasteiger partial charge in [0.05, 0.1) is 0 Å². The summed E-state index contributed by atoms with van der Waals surface area (Å²) in [5, 5.41) is 0. The summed E-state index contributed by atoms with van der Waals surface area (Å²) in [7, 11) is 0. The highest BCUT2D eigenvalue weighted by Crippen LogP contribution is 2.27. The van der Waals surface area contributed by atoms with Gasteiger partial charge in [-0.2, -0.15) is 0 Å². The second-order valence-electron chi connectivity index (χ2n) is 6.81. The maximum absolute atomic E-state index is 11.8. The predicted molar refractivity (Wildman–Crippen MR) is 94.4 cm³/mol. The van der Waals surface area contributed by atoms with Gasteiger partial charge in [-0.05, 0) is 55.8 Å². The summed E-state index contributed by atoms with van der Waals surface area (Å²) in [6, 6.07) is 14.6. The number of nitrogens with zero attached hydrogens (tertiary/aromatic N) is 1. The van der Waals surface area contributed by atoms with Crippen LogP contribution in [0.15, 0.2) is 53.5 Å². The van der Waals surface area contributed by atoms with Gasteiger partial charge in [0.25, 0.3) is 5.56 Å². The van der Waals surface area contributed by atoms with Gasteiger partial charge < -0.3 is 4.98 Å². The molecule has 2 heterocycles. The van der Waals surface area contributed by atoms with Gasteiger partial charge in [-0.1, -0.05) is 43.3 Å². The van der Waals surface area contributed by atoms with E-state index >= 15 is 0 Å². The molecule has 1 atom stereocenters. The Morgan fingerprint density at radius 3 is 2.57 bits per heavy atom. The van der Waals surface area contributed by atoms with Crippen molar-refractivity contribution in [3.05, 3.63) is 70.1 Å². The molecule has 0 radical (unpaired) electrons. The van der Waals surface area contributed by atoms with Crippen LogP contribution in [0, 0.1) is 11.8 Å². The van der Waals surface area contributed by atoms with Crippen molar-refractivity contribution in [2.45, 2.75) is 32.7 Å². The predicted octanol–water partition coefficient (Wildman–Crippen LogP) is 3.47. The molecule has 1 N–H and O–H groups in total. The van der Waals surface area contributed by atoms with Crippen LogP contribution >= 0.6 is 0 Å². The minimum Gasteiger partial charge on any atom is -0.329 e. The van der Waals surface area contributed by atoms with E-state index in [1.165, 1.54) is 24.8 Å². The van der Waals surface area contributed by atoms with Crippen molar-refractivity contribution >= 4 is 0 Å². The highest BCUT2D eigenvalue weighted by molar-refractivity contribution is 5.15. The van der Waals surface area contributed by atoms with Gasteiger partial charge in [0.2, 0.25) is 0 Å². The van der Waals surface area contributed by atoms with Gasteiger partial charge in [-0.3, -0.25) is 9.69 Å². The quantitative estimate of drug-likeness (QED) is 0.918. The highest BCUT2D eigenvalue weighted by atomic mass is 16.1. The number of hydrogen-bond acceptors (Lipinski definition) is 2. The molecule has 1 fully saturated rings.